The summed E-state index contributed by atoms with van der Waals surface area (Å²) in [6.07, 6.45) is -7.47. The van der Waals surface area contributed by atoms with Crippen molar-refractivity contribution in [3.8, 4) is 0 Å². The standard InChI is InChI=1S/C9H15F4NO/c1-3-5-14(6-4-2)8(15)7(10)9(11,12)13/h7H,3-6H2,1-2H3. The lowest BCUT2D eigenvalue weighted by Gasteiger charge is -2.24. The molecule has 0 aromatic rings. The molecule has 0 radical (unpaired) electrons. The maximum atomic E-state index is 12.7. The fourth-order valence-corrected chi connectivity index (χ4v) is 1.17. The minimum Gasteiger partial charge on any atom is -0.340 e. The molecule has 0 saturated heterocycles. The van der Waals surface area contributed by atoms with Gasteiger partial charge in [-0.25, -0.2) is 4.39 Å². The first kappa shape index (κ1) is 14.2. The van der Waals surface area contributed by atoms with Crippen LogP contribution in [0, 0.1) is 0 Å². The molecular weight excluding hydrogens is 214 g/mol. The van der Waals surface area contributed by atoms with Crippen molar-refractivity contribution >= 4 is 5.91 Å². The van der Waals surface area contributed by atoms with Crippen LogP contribution in [0.1, 0.15) is 26.7 Å². The minimum atomic E-state index is -5.10. The second kappa shape index (κ2) is 5.92. The predicted octanol–water partition coefficient (Wildman–Crippen LogP) is 2.54. The lowest BCUT2D eigenvalue weighted by Crippen LogP contribution is -2.44. The van der Waals surface area contributed by atoms with E-state index < -0.39 is 18.3 Å². The molecule has 0 aliphatic rings. The summed E-state index contributed by atoms with van der Waals surface area (Å²) in [6.45, 7) is 3.75. The highest BCUT2D eigenvalue weighted by molar-refractivity contribution is 5.81. The molecule has 0 N–H and O–H groups in total. The van der Waals surface area contributed by atoms with Crippen LogP contribution in [0.4, 0.5) is 17.6 Å². The van der Waals surface area contributed by atoms with E-state index in [9.17, 15) is 22.4 Å². The molecule has 0 aromatic carbocycles. The molecule has 1 amide bonds. The zero-order valence-corrected chi connectivity index (χ0v) is 8.77. The highest BCUT2D eigenvalue weighted by Crippen LogP contribution is 2.24. The first-order valence-corrected chi connectivity index (χ1v) is 4.84. The molecule has 1 atom stereocenters. The van der Waals surface area contributed by atoms with Crippen molar-refractivity contribution in [2.75, 3.05) is 13.1 Å². The Bertz CT molecular complexity index is 199. The number of hydrogen-bond acceptors (Lipinski definition) is 1. The molecule has 0 bridgehead atoms. The third kappa shape index (κ3) is 4.48. The fourth-order valence-electron chi connectivity index (χ4n) is 1.17. The van der Waals surface area contributed by atoms with Crippen LogP contribution in [0.5, 0.6) is 0 Å². The van der Waals surface area contributed by atoms with Gasteiger partial charge < -0.3 is 4.90 Å². The van der Waals surface area contributed by atoms with E-state index in [2.05, 4.69) is 0 Å². The van der Waals surface area contributed by atoms with Crippen molar-refractivity contribution in [1.29, 1.82) is 0 Å². The number of halogens is 4. The van der Waals surface area contributed by atoms with Gasteiger partial charge in [0, 0.05) is 13.1 Å². The minimum absolute atomic E-state index is 0.156. The molecule has 0 aliphatic heterocycles. The summed E-state index contributed by atoms with van der Waals surface area (Å²) in [6, 6.07) is 0. The van der Waals surface area contributed by atoms with E-state index in [1.807, 2.05) is 0 Å². The van der Waals surface area contributed by atoms with Gasteiger partial charge in [0.2, 0.25) is 0 Å². The highest BCUT2D eigenvalue weighted by atomic mass is 19.4. The summed E-state index contributed by atoms with van der Waals surface area (Å²) in [5, 5.41) is 0. The molecule has 15 heavy (non-hydrogen) atoms. The average molecular weight is 229 g/mol. The Labute approximate surface area is 86.2 Å². The van der Waals surface area contributed by atoms with Crippen molar-refractivity contribution in [3.05, 3.63) is 0 Å². The quantitative estimate of drug-likeness (QED) is 0.663. The van der Waals surface area contributed by atoms with Crippen molar-refractivity contribution in [2.45, 2.75) is 39.0 Å². The Hall–Kier alpha value is -0.810. The van der Waals surface area contributed by atoms with Gasteiger partial charge in [0.05, 0.1) is 0 Å². The Balaban J connectivity index is 4.48. The summed E-state index contributed by atoms with van der Waals surface area (Å²) >= 11 is 0. The molecular formula is C9H15F4NO. The highest BCUT2D eigenvalue weighted by Gasteiger charge is 2.47. The molecule has 0 fully saturated rings. The van der Waals surface area contributed by atoms with Crippen LogP contribution in [0.25, 0.3) is 0 Å². The molecule has 6 heteroatoms. The number of amides is 1. The van der Waals surface area contributed by atoms with Gasteiger partial charge in [-0.2, -0.15) is 13.2 Å². The summed E-state index contributed by atoms with van der Waals surface area (Å²) < 4.78 is 48.4. The molecule has 1 unspecified atom stereocenters. The first-order valence-electron chi connectivity index (χ1n) is 4.84. The van der Waals surface area contributed by atoms with Crippen LogP contribution in [0.2, 0.25) is 0 Å². The van der Waals surface area contributed by atoms with Crippen molar-refractivity contribution in [1.82, 2.24) is 4.90 Å². The molecule has 0 saturated carbocycles. The topological polar surface area (TPSA) is 20.3 Å². The van der Waals surface area contributed by atoms with E-state index in [4.69, 9.17) is 0 Å². The van der Waals surface area contributed by atoms with E-state index in [1.165, 1.54) is 0 Å². The average Bonchev–Trinajstić information content (AvgIpc) is 2.14. The Kier molecular flexibility index (Phi) is 5.60. The van der Waals surface area contributed by atoms with Gasteiger partial charge >= 0.3 is 6.18 Å². The zero-order chi connectivity index (χ0) is 12.1. The van der Waals surface area contributed by atoms with Gasteiger partial charge in [-0.15, -0.1) is 0 Å². The van der Waals surface area contributed by atoms with E-state index in [1.54, 1.807) is 13.8 Å². The van der Waals surface area contributed by atoms with E-state index in [0.717, 1.165) is 4.90 Å². The summed E-state index contributed by atoms with van der Waals surface area (Å²) in [5.41, 5.74) is 0. The summed E-state index contributed by atoms with van der Waals surface area (Å²) in [7, 11) is 0. The van der Waals surface area contributed by atoms with Crippen LogP contribution in [-0.4, -0.2) is 36.2 Å². The maximum absolute atomic E-state index is 12.7. The van der Waals surface area contributed by atoms with Crippen molar-refractivity contribution in [2.24, 2.45) is 0 Å². The Morgan fingerprint density at radius 1 is 1.20 bits per heavy atom. The normalized spacial score (nSPS) is 13.7. The zero-order valence-electron chi connectivity index (χ0n) is 8.77. The second-order valence-corrected chi connectivity index (χ2v) is 3.23. The largest absolute Gasteiger partial charge is 0.428 e. The molecule has 0 spiro atoms. The van der Waals surface area contributed by atoms with Crippen molar-refractivity contribution < 1.29 is 22.4 Å². The van der Waals surface area contributed by atoms with E-state index in [-0.39, 0.29) is 13.1 Å². The molecule has 0 rings (SSSR count). The van der Waals surface area contributed by atoms with Crippen LogP contribution in [-0.2, 0) is 4.79 Å². The maximum Gasteiger partial charge on any atom is 0.428 e. The van der Waals surface area contributed by atoms with Gasteiger partial charge in [-0.05, 0) is 12.8 Å². The van der Waals surface area contributed by atoms with Gasteiger partial charge in [0.1, 0.15) is 0 Å². The monoisotopic (exact) mass is 229 g/mol. The molecule has 90 valence electrons. The summed E-state index contributed by atoms with van der Waals surface area (Å²) in [5.74, 6) is -1.48. The SMILES string of the molecule is CCCN(CCC)C(=O)C(F)C(F)(F)F. The molecule has 2 nitrogen and oxygen atoms in total. The van der Waals surface area contributed by atoms with Gasteiger partial charge in [0.25, 0.3) is 12.1 Å². The number of nitrogens with zero attached hydrogens (tertiary/aromatic N) is 1. The van der Waals surface area contributed by atoms with Gasteiger partial charge in [-0.3, -0.25) is 4.79 Å². The second-order valence-electron chi connectivity index (χ2n) is 3.23. The fraction of sp³-hybridized carbons (Fsp3) is 0.889. The number of rotatable bonds is 5. The predicted molar refractivity (Wildman–Crippen MR) is 48.1 cm³/mol. The number of carbonyl (C=O) groups is 1. The number of carbonyl (C=O) groups excluding carboxylic acids is 1. The smallest absolute Gasteiger partial charge is 0.340 e. The third-order valence-electron chi connectivity index (χ3n) is 1.80. The Morgan fingerprint density at radius 3 is 1.87 bits per heavy atom. The lowest BCUT2D eigenvalue weighted by atomic mass is 10.2. The van der Waals surface area contributed by atoms with Gasteiger partial charge in [0.15, 0.2) is 0 Å². The van der Waals surface area contributed by atoms with Crippen LogP contribution in [0.15, 0.2) is 0 Å². The van der Waals surface area contributed by atoms with Crippen LogP contribution in [0.3, 0.4) is 0 Å². The van der Waals surface area contributed by atoms with Crippen LogP contribution >= 0.6 is 0 Å². The van der Waals surface area contributed by atoms with E-state index in [0.29, 0.717) is 12.8 Å². The lowest BCUT2D eigenvalue weighted by molar-refractivity contribution is -0.193. The van der Waals surface area contributed by atoms with Gasteiger partial charge in [-0.1, -0.05) is 13.8 Å². The van der Waals surface area contributed by atoms with Crippen LogP contribution < -0.4 is 0 Å². The Morgan fingerprint density at radius 2 is 1.60 bits per heavy atom. The third-order valence-corrected chi connectivity index (χ3v) is 1.80. The number of alkyl halides is 4. The van der Waals surface area contributed by atoms with Crippen molar-refractivity contribution in [3.63, 3.8) is 0 Å². The number of hydrogen-bond donors (Lipinski definition) is 0. The first-order chi connectivity index (χ1) is 6.84. The summed E-state index contributed by atoms with van der Waals surface area (Å²) in [4.78, 5) is 12.0. The molecule has 0 aliphatic carbocycles. The van der Waals surface area contributed by atoms with E-state index >= 15 is 0 Å². The molecule has 0 heterocycles. The molecule has 0 aromatic heterocycles.